The highest BCUT2D eigenvalue weighted by Crippen LogP contribution is 2.42. The third-order valence-corrected chi connectivity index (χ3v) is 2.30. The fraction of sp³-hybridized carbons (Fsp3) is 0.250. The van der Waals surface area contributed by atoms with Crippen LogP contribution in [0.5, 0.6) is 5.75 Å². The Morgan fingerprint density at radius 3 is 2.43 bits per heavy atom. The molecule has 0 aliphatic rings. The van der Waals surface area contributed by atoms with E-state index in [2.05, 4.69) is 10.1 Å². The monoisotopic (exact) mass is 217 g/mol. The number of aryl methyl sites for hydroxylation is 1. The van der Waals surface area contributed by atoms with E-state index < -0.39 is 7.82 Å². The summed E-state index contributed by atoms with van der Waals surface area (Å²) < 4.78 is 20.1. The van der Waals surface area contributed by atoms with Gasteiger partial charge in [-0.1, -0.05) is 17.7 Å². The summed E-state index contributed by atoms with van der Waals surface area (Å²) in [5.74, 6) is 0.289. The molecule has 0 aliphatic carbocycles. The Labute approximate surface area is 82.2 Å². The fourth-order valence-corrected chi connectivity index (χ4v) is 1.52. The van der Waals surface area contributed by atoms with E-state index in [1.54, 1.807) is 24.3 Å². The van der Waals surface area contributed by atoms with E-state index in [0.717, 1.165) is 5.56 Å². The Morgan fingerprint density at radius 2 is 1.93 bits per heavy atom. The number of hydroxylamine groups is 1. The highest BCUT2D eigenvalue weighted by Gasteiger charge is 2.22. The predicted molar refractivity (Wildman–Crippen MR) is 51.8 cm³/mol. The van der Waals surface area contributed by atoms with E-state index in [1.165, 1.54) is 7.05 Å². The SMILES string of the molecule is CNOP(=O)(O)Oc1ccc(C)cc1. The Hall–Kier alpha value is -0.870. The lowest BCUT2D eigenvalue weighted by Gasteiger charge is -2.11. The van der Waals surface area contributed by atoms with Crippen molar-refractivity contribution in [3.05, 3.63) is 29.8 Å². The van der Waals surface area contributed by atoms with Gasteiger partial charge in [0.25, 0.3) is 0 Å². The van der Waals surface area contributed by atoms with Crippen LogP contribution in [0.1, 0.15) is 5.56 Å². The van der Waals surface area contributed by atoms with Crippen molar-refractivity contribution in [3.8, 4) is 5.75 Å². The number of nitrogens with one attached hydrogen (secondary N) is 1. The first-order chi connectivity index (χ1) is 6.53. The molecular weight excluding hydrogens is 205 g/mol. The molecule has 2 N–H and O–H groups in total. The molecule has 0 spiro atoms. The van der Waals surface area contributed by atoms with E-state index in [9.17, 15) is 4.57 Å². The maximum atomic E-state index is 11.1. The van der Waals surface area contributed by atoms with Gasteiger partial charge in [0.1, 0.15) is 5.75 Å². The van der Waals surface area contributed by atoms with Gasteiger partial charge in [0.15, 0.2) is 0 Å². The van der Waals surface area contributed by atoms with E-state index >= 15 is 0 Å². The summed E-state index contributed by atoms with van der Waals surface area (Å²) in [7, 11) is -2.66. The van der Waals surface area contributed by atoms with Crippen molar-refractivity contribution in [1.82, 2.24) is 5.48 Å². The molecule has 0 amide bonds. The first-order valence-electron chi connectivity index (χ1n) is 3.98. The third-order valence-electron chi connectivity index (χ3n) is 1.45. The average Bonchev–Trinajstić information content (AvgIpc) is 2.08. The Morgan fingerprint density at radius 1 is 1.36 bits per heavy atom. The minimum atomic E-state index is -4.04. The quantitative estimate of drug-likeness (QED) is 0.592. The molecule has 0 saturated heterocycles. The van der Waals surface area contributed by atoms with Gasteiger partial charge in [-0.15, -0.1) is 0 Å². The largest absolute Gasteiger partial charge is 0.544 e. The molecule has 1 unspecified atom stereocenters. The number of hydrogen-bond acceptors (Lipinski definition) is 4. The number of phosphoric acid groups is 1. The normalized spacial score (nSPS) is 14.8. The Balaban J connectivity index is 2.69. The molecule has 1 aromatic rings. The van der Waals surface area contributed by atoms with Gasteiger partial charge in [-0.2, -0.15) is 10.1 Å². The highest BCUT2D eigenvalue weighted by atomic mass is 31.2. The van der Waals surface area contributed by atoms with E-state index in [0.29, 0.717) is 0 Å². The second kappa shape index (κ2) is 4.57. The smallest absolute Gasteiger partial charge is 0.403 e. The van der Waals surface area contributed by atoms with Crippen LogP contribution < -0.4 is 10.0 Å². The van der Waals surface area contributed by atoms with Crippen molar-refractivity contribution in [2.75, 3.05) is 7.05 Å². The van der Waals surface area contributed by atoms with Crippen LogP contribution >= 0.6 is 7.82 Å². The van der Waals surface area contributed by atoms with Crippen molar-refractivity contribution in [2.24, 2.45) is 0 Å². The third kappa shape index (κ3) is 3.47. The molecular formula is C8H12NO4P. The van der Waals surface area contributed by atoms with Crippen LogP contribution in [0.3, 0.4) is 0 Å². The lowest BCUT2D eigenvalue weighted by Crippen LogP contribution is -2.08. The van der Waals surface area contributed by atoms with Crippen molar-refractivity contribution in [2.45, 2.75) is 6.92 Å². The van der Waals surface area contributed by atoms with E-state index in [4.69, 9.17) is 9.42 Å². The Bertz CT molecular complexity index is 338. The molecule has 0 radical (unpaired) electrons. The first-order valence-corrected chi connectivity index (χ1v) is 5.47. The summed E-state index contributed by atoms with van der Waals surface area (Å²) in [6.07, 6.45) is 0. The van der Waals surface area contributed by atoms with Crippen molar-refractivity contribution in [3.63, 3.8) is 0 Å². The Kier molecular flexibility index (Phi) is 3.66. The summed E-state index contributed by atoms with van der Waals surface area (Å²) in [5, 5.41) is 0. The average molecular weight is 217 g/mol. The molecule has 0 saturated carbocycles. The van der Waals surface area contributed by atoms with Gasteiger partial charge >= 0.3 is 7.82 Å². The lowest BCUT2D eigenvalue weighted by atomic mass is 10.2. The summed E-state index contributed by atoms with van der Waals surface area (Å²) in [6.45, 7) is 1.91. The lowest BCUT2D eigenvalue weighted by molar-refractivity contribution is 0.146. The zero-order valence-electron chi connectivity index (χ0n) is 7.93. The molecule has 0 aromatic heterocycles. The summed E-state index contributed by atoms with van der Waals surface area (Å²) >= 11 is 0. The first kappa shape index (κ1) is 11.2. The minimum Gasteiger partial charge on any atom is -0.403 e. The molecule has 1 rings (SSSR count). The number of phosphoric ester groups is 1. The van der Waals surface area contributed by atoms with Crippen molar-refractivity contribution < 1.29 is 18.6 Å². The van der Waals surface area contributed by atoms with Crippen LogP contribution in [0.25, 0.3) is 0 Å². The maximum absolute atomic E-state index is 11.1. The molecule has 1 atom stereocenters. The van der Waals surface area contributed by atoms with Crippen molar-refractivity contribution >= 4 is 7.82 Å². The van der Waals surface area contributed by atoms with E-state index in [-0.39, 0.29) is 5.75 Å². The number of benzene rings is 1. The van der Waals surface area contributed by atoms with Gasteiger partial charge in [-0.05, 0) is 19.1 Å². The zero-order valence-corrected chi connectivity index (χ0v) is 8.82. The van der Waals surface area contributed by atoms with Gasteiger partial charge in [-0.25, -0.2) is 4.57 Å². The number of hydrogen-bond donors (Lipinski definition) is 2. The second-order valence-electron chi connectivity index (χ2n) is 2.67. The number of rotatable bonds is 4. The molecule has 0 bridgehead atoms. The van der Waals surface area contributed by atoms with Crippen LogP contribution in [0.2, 0.25) is 0 Å². The topological polar surface area (TPSA) is 67.8 Å². The molecule has 0 fully saturated rings. The van der Waals surface area contributed by atoms with Crippen LogP contribution in [0.15, 0.2) is 24.3 Å². The minimum absolute atomic E-state index is 0.289. The highest BCUT2D eigenvalue weighted by molar-refractivity contribution is 7.47. The van der Waals surface area contributed by atoms with Gasteiger partial charge in [0.05, 0.1) is 0 Å². The molecule has 6 heteroatoms. The standard InChI is InChI=1S/C8H12NO4P/c1-7-3-5-8(6-4-7)12-14(10,11)13-9-2/h3-6,9H,1-2H3,(H,10,11). The molecule has 1 aromatic carbocycles. The predicted octanol–water partition coefficient (Wildman–Crippen LogP) is 1.63. The molecule has 14 heavy (non-hydrogen) atoms. The van der Waals surface area contributed by atoms with Gasteiger partial charge < -0.3 is 4.52 Å². The molecule has 0 heterocycles. The van der Waals surface area contributed by atoms with Gasteiger partial charge in [-0.3, -0.25) is 4.89 Å². The fourth-order valence-electron chi connectivity index (χ4n) is 0.866. The summed E-state index contributed by atoms with van der Waals surface area (Å²) in [6, 6.07) is 6.73. The van der Waals surface area contributed by atoms with Crippen molar-refractivity contribution in [1.29, 1.82) is 0 Å². The molecule has 5 nitrogen and oxygen atoms in total. The van der Waals surface area contributed by atoms with E-state index in [1.807, 2.05) is 6.92 Å². The zero-order chi connectivity index (χ0) is 10.6. The summed E-state index contributed by atoms with van der Waals surface area (Å²) in [5.41, 5.74) is 3.14. The van der Waals surface area contributed by atoms with Crippen LogP contribution in [0.4, 0.5) is 0 Å². The molecule has 0 aliphatic heterocycles. The van der Waals surface area contributed by atoms with Gasteiger partial charge in [0, 0.05) is 7.05 Å². The maximum Gasteiger partial charge on any atom is 0.544 e. The van der Waals surface area contributed by atoms with Crippen LogP contribution in [0, 0.1) is 6.92 Å². The van der Waals surface area contributed by atoms with Gasteiger partial charge in [0.2, 0.25) is 0 Å². The summed E-state index contributed by atoms with van der Waals surface area (Å²) in [4.78, 5) is 9.09. The second-order valence-corrected chi connectivity index (χ2v) is 3.97. The van der Waals surface area contributed by atoms with Crippen LogP contribution in [-0.4, -0.2) is 11.9 Å². The molecule has 78 valence electrons. The van der Waals surface area contributed by atoms with Crippen LogP contribution in [-0.2, 0) is 9.19 Å².